The van der Waals surface area contributed by atoms with E-state index in [1.165, 1.54) is 75.1 Å². The summed E-state index contributed by atoms with van der Waals surface area (Å²) < 4.78 is 10.6. The molecule has 0 saturated carbocycles. The van der Waals surface area contributed by atoms with Gasteiger partial charge < -0.3 is 0 Å². The number of fused-ring (bicyclic) bond motifs is 5. The topological polar surface area (TPSA) is 0 Å². The minimum Gasteiger partial charge on any atom is -0.135 e. The number of thiophene rings is 1. The fourth-order valence-electron chi connectivity index (χ4n) is 6.05. The fraction of sp³-hybridized carbons (Fsp3) is 0. The van der Waals surface area contributed by atoms with Crippen molar-refractivity contribution in [3.05, 3.63) is 146 Å². The predicted octanol–water partition coefficient (Wildman–Crippen LogP) is 11.4. The van der Waals surface area contributed by atoms with Gasteiger partial charge in [-0.15, -0.1) is 11.3 Å². The van der Waals surface area contributed by atoms with Crippen LogP contribution in [0.15, 0.2) is 146 Å². The molecule has 8 rings (SSSR count). The first kappa shape index (κ1) is 21.2. The van der Waals surface area contributed by atoms with Crippen LogP contribution in [0.25, 0.3) is 75.1 Å². The maximum Gasteiger partial charge on any atom is 0.0623 e. The Labute approximate surface area is 232 Å². The molecule has 0 unspecified atom stereocenters. The van der Waals surface area contributed by atoms with E-state index in [1.807, 2.05) is 12.1 Å². The lowest BCUT2D eigenvalue weighted by molar-refractivity contribution is 1.61. The lowest BCUT2D eigenvalue weighted by atomic mass is 9.85. The molecule has 1 heteroatoms. The molecular weight excluding hydrogens is 488 g/mol. The van der Waals surface area contributed by atoms with E-state index in [0.717, 1.165) is 0 Å². The molecule has 0 spiro atoms. The number of hydrogen-bond donors (Lipinski definition) is 0. The molecule has 0 aliphatic carbocycles. The zero-order valence-corrected chi connectivity index (χ0v) is 22.0. The van der Waals surface area contributed by atoms with Crippen LogP contribution in [-0.2, 0) is 0 Å². The fourth-order valence-corrected chi connectivity index (χ4v) is 7.18. The van der Waals surface area contributed by atoms with Crippen molar-refractivity contribution in [1.82, 2.24) is 0 Å². The van der Waals surface area contributed by atoms with Crippen LogP contribution in [0.4, 0.5) is 0 Å². The Balaban J connectivity index is 1.42. The molecule has 0 radical (unpaired) electrons. The van der Waals surface area contributed by atoms with E-state index in [9.17, 15) is 0 Å². The van der Waals surface area contributed by atoms with E-state index in [2.05, 4.69) is 127 Å². The zero-order valence-electron chi connectivity index (χ0n) is 22.2. The van der Waals surface area contributed by atoms with Crippen LogP contribution in [0.3, 0.4) is 0 Å². The summed E-state index contributed by atoms with van der Waals surface area (Å²) in [5, 5.41) is 7.43. The quantitative estimate of drug-likeness (QED) is 0.206. The summed E-state index contributed by atoms with van der Waals surface area (Å²) in [6.45, 7) is 0. The van der Waals surface area contributed by atoms with Crippen molar-refractivity contribution in [1.29, 1.82) is 0 Å². The van der Waals surface area contributed by atoms with Gasteiger partial charge in [0.05, 0.1) is 1.37 Å². The molecule has 0 amide bonds. The number of hydrogen-bond acceptors (Lipinski definition) is 1. The zero-order chi connectivity index (χ0) is 26.6. The smallest absolute Gasteiger partial charge is 0.0623 e. The summed E-state index contributed by atoms with van der Waals surface area (Å²) in [6.07, 6.45) is 0. The van der Waals surface area contributed by atoms with Crippen molar-refractivity contribution in [2.75, 3.05) is 0 Å². The first-order valence-electron chi connectivity index (χ1n) is 13.8. The summed E-state index contributed by atoms with van der Waals surface area (Å²) in [6, 6.07) is 50.6. The SMILES string of the molecule is [2H]c1ccc2sc3cc(-c4c5ccccc5c(-c5cccc(-c6ccccc6)c5)c5ccccc45)ccc3c2c1. The summed E-state index contributed by atoms with van der Waals surface area (Å²) in [4.78, 5) is 0. The van der Waals surface area contributed by atoms with Crippen molar-refractivity contribution in [2.24, 2.45) is 0 Å². The van der Waals surface area contributed by atoms with Crippen LogP contribution in [0.2, 0.25) is 0 Å². The van der Waals surface area contributed by atoms with E-state index in [0.29, 0.717) is 6.04 Å². The second-order valence-corrected chi connectivity index (χ2v) is 11.1. The third kappa shape index (κ3) is 3.59. The van der Waals surface area contributed by atoms with E-state index in [4.69, 9.17) is 1.37 Å². The Kier molecular flexibility index (Phi) is 4.87. The Morgan fingerprint density at radius 1 is 0.359 bits per heavy atom. The minimum absolute atomic E-state index is 0.556. The van der Waals surface area contributed by atoms with Crippen molar-refractivity contribution in [3.8, 4) is 33.4 Å². The van der Waals surface area contributed by atoms with Crippen LogP contribution < -0.4 is 0 Å². The van der Waals surface area contributed by atoms with E-state index in [-0.39, 0.29) is 0 Å². The molecule has 0 N–H and O–H groups in total. The Hall–Kier alpha value is -4.72. The first-order valence-corrected chi connectivity index (χ1v) is 14.1. The van der Waals surface area contributed by atoms with Gasteiger partial charge in [0.15, 0.2) is 0 Å². The first-order chi connectivity index (χ1) is 19.7. The molecule has 0 saturated heterocycles. The maximum absolute atomic E-state index is 8.11. The van der Waals surface area contributed by atoms with Gasteiger partial charge in [-0.25, -0.2) is 0 Å². The van der Waals surface area contributed by atoms with Crippen LogP contribution >= 0.6 is 11.3 Å². The van der Waals surface area contributed by atoms with Gasteiger partial charge in [0.25, 0.3) is 0 Å². The Bertz CT molecular complexity index is 2170. The molecule has 0 fully saturated rings. The van der Waals surface area contributed by atoms with Crippen molar-refractivity contribution in [3.63, 3.8) is 0 Å². The van der Waals surface area contributed by atoms with Crippen LogP contribution in [0, 0.1) is 0 Å². The lowest BCUT2D eigenvalue weighted by Crippen LogP contribution is -1.91. The summed E-state index contributed by atoms with van der Waals surface area (Å²) in [5.74, 6) is 0. The van der Waals surface area contributed by atoms with Crippen molar-refractivity contribution >= 4 is 53.1 Å². The molecule has 0 atom stereocenters. The van der Waals surface area contributed by atoms with Gasteiger partial charge in [-0.3, -0.25) is 0 Å². The normalized spacial score (nSPS) is 11.9. The summed E-state index contributed by atoms with van der Waals surface area (Å²) in [7, 11) is 0. The number of benzene rings is 7. The highest BCUT2D eigenvalue weighted by atomic mass is 32.1. The van der Waals surface area contributed by atoms with Gasteiger partial charge in [0.1, 0.15) is 0 Å². The molecule has 182 valence electrons. The monoisotopic (exact) mass is 513 g/mol. The molecular formula is C38H24S. The van der Waals surface area contributed by atoms with E-state index in [1.54, 1.807) is 11.3 Å². The minimum atomic E-state index is 0.556. The molecule has 1 aromatic heterocycles. The standard InChI is InChI=1S/C38H24S/c1-2-11-25(12-3-1)26-13-10-14-27(23-26)37-31-16-4-6-18-33(31)38(34-19-7-5-17-32(34)37)28-21-22-30-29-15-8-9-20-35(29)39-36(30)24-28/h1-24H/i8D. The van der Waals surface area contributed by atoms with Crippen LogP contribution in [0.5, 0.6) is 0 Å². The molecule has 0 bridgehead atoms. The maximum atomic E-state index is 8.11. The van der Waals surface area contributed by atoms with Crippen molar-refractivity contribution < 1.29 is 1.37 Å². The highest BCUT2D eigenvalue weighted by molar-refractivity contribution is 7.25. The second-order valence-electron chi connectivity index (χ2n) is 10.0. The lowest BCUT2D eigenvalue weighted by Gasteiger charge is -2.18. The second kappa shape index (κ2) is 8.94. The van der Waals surface area contributed by atoms with Gasteiger partial charge in [0, 0.05) is 20.2 Å². The van der Waals surface area contributed by atoms with Crippen molar-refractivity contribution in [2.45, 2.75) is 0 Å². The van der Waals surface area contributed by atoms with Gasteiger partial charge in [0.2, 0.25) is 0 Å². The van der Waals surface area contributed by atoms with E-state index < -0.39 is 0 Å². The van der Waals surface area contributed by atoms with Gasteiger partial charge in [-0.1, -0.05) is 127 Å². The average molecular weight is 514 g/mol. The largest absolute Gasteiger partial charge is 0.135 e. The average Bonchev–Trinajstić information content (AvgIpc) is 3.37. The highest BCUT2D eigenvalue weighted by Crippen LogP contribution is 2.45. The molecule has 1 heterocycles. The molecule has 0 nitrogen and oxygen atoms in total. The molecule has 7 aromatic carbocycles. The third-order valence-electron chi connectivity index (χ3n) is 7.79. The van der Waals surface area contributed by atoms with Crippen LogP contribution in [-0.4, -0.2) is 0 Å². The summed E-state index contributed by atoms with van der Waals surface area (Å²) >= 11 is 1.81. The van der Waals surface area contributed by atoms with Crippen LogP contribution in [0.1, 0.15) is 1.37 Å². The predicted molar refractivity (Wildman–Crippen MR) is 171 cm³/mol. The van der Waals surface area contributed by atoms with E-state index >= 15 is 0 Å². The third-order valence-corrected chi connectivity index (χ3v) is 8.93. The number of rotatable bonds is 3. The molecule has 0 aliphatic rings. The molecule has 39 heavy (non-hydrogen) atoms. The molecule has 8 aromatic rings. The Morgan fingerprint density at radius 3 is 1.62 bits per heavy atom. The van der Waals surface area contributed by atoms with Gasteiger partial charge in [-0.2, -0.15) is 0 Å². The molecule has 0 aliphatic heterocycles. The summed E-state index contributed by atoms with van der Waals surface area (Å²) in [5.41, 5.74) is 7.45. The van der Waals surface area contributed by atoms with Gasteiger partial charge in [-0.05, 0) is 73.1 Å². The Morgan fingerprint density at radius 2 is 0.923 bits per heavy atom. The highest BCUT2D eigenvalue weighted by Gasteiger charge is 2.17. The van der Waals surface area contributed by atoms with Gasteiger partial charge >= 0.3 is 0 Å².